The quantitative estimate of drug-likeness (QED) is 0.548. The molecule has 0 saturated heterocycles. The van der Waals surface area contributed by atoms with E-state index in [9.17, 15) is 15.0 Å². The van der Waals surface area contributed by atoms with Gasteiger partial charge in [0.05, 0.1) is 34.4 Å². The van der Waals surface area contributed by atoms with E-state index in [1.165, 1.54) is 11.6 Å². The lowest BCUT2D eigenvalue weighted by Gasteiger charge is -2.19. The second kappa shape index (κ2) is 6.46. The first-order valence-electron chi connectivity index (χ1n) is 9.18. The highest BCUT2D eigenvalue weighted by Crippen LogP contribution is 2.31. The van der Waals surface area contributed by atoms with Gasteiger partial charge >= 0.3 is 5.97 Å². The third kappa shape index (κ3) is 2.94. The molecule has 2 N–H and O–H groups in total. The molecule has 0 radical (unpaired) electrons. The van der Waals surface area contributed by atoms with Crippen LogP contribution in [0.4, 0.5) is 0 Å². The predicted octanol–water partition coefficient (Wildman–Crippen LogP) is 4.64. The molecule has 5 nitrogen and oxygen atoms in total. The molecule has 0 fully saturated rings. The van der Waals surface area contributed by atoms with Crippen LogP contribution in [0.15, 0.2) is 54.7 Å². The van der Waals surface area contributed by atoms with Gasteiger partial charge in [0, 0.05) is 17.3 Å². The van der Waals surface area contributed by atoms with Crippen molar-refractivity contribution in [1.82, 2.24) is 9.38 Å². The molecule has 0 aliphatic rings. The number of hydrogen-bond donors (Lipinski definition) is 2. The van der Waals surface area contributed by atoms with Crippen molar-refractivity contribution in [2.75, 3.05) is 0 Å². The normalized spacial score (nSPS) is 12.0. The van der Waals surface area contributed by atoms with Crippen molar-refractivity contribution >= 4 is 22.5 Å². The van der Waals surface area contributed by atoms with Crippen molar-refractivity contribution in [1.29, 1.82) is 0 Å². The van der Waals surface area contributed by atoms with Crippen LogP contribution in [0.2, 0.25) is 0 Å². The Labute approximate surface area is 162 Å². The van der Waals surface area contributed by atoms with Gasteiger partial charge in [0.15, 0.2) is 0 Å². The maximum absolute atomic E-state index is 11.5. The predicted molar refractivity (Wildman–Crippen MR) is 110 cm³/mol. The van der Waals surface area contributed by atoms with Gasteiger partial charge < -0.3 is 14.6 Å². The standard InChI is InChI=1S/C23H22N2O3/c1-23(2,3)17-8-6-14(7-9-17)20-19-5-4-10-25(19)21-16(13-26)11-15(22(27)28)12-18(21)24-20/h4-12,26H,13H2,1-3H3,(H,27,28). The van der Waals surface area contributed by atoms with Gasteiger partial charge in [0.2, 0.25) is 0 Å². The molecule has 0 atom stereocenters. The maximum atomic E-state index is 11.5. The van der Waals surface area contributed by atoms with Crippen molar-refractivity contribution in [3.8, 4) is 11.3 Å². The van der Waals surface area contributed by atoms with Crippen molar-refractivity contribution < 1.29 is 15.0 Å². The first-order chi connectivity index (χ1) is 13.3. The summed E-state index contributed by atoms with van der Waals surface area (Å²) < 4.78 is 1.96. The van der Waals surface area contributed by atoms with E-state index in [1.54, 1.807) is 6.07 Å². The minimum atomic E-state index is -1.04. The first-order valence-corrected chi connectivity index (χ1v) is 9.18. The third-order valence-corrected chi connectivity index (χ3v) is 5.07. The minimum absolute atomic E-state index is 0.0616. The van der Waals surface area contributed by atoms with E-state index in [0.29, 0.717) is 11.1 Å². The molecule has 0 unspecified atom stereocenters. The average Bonchev–Trinajstić information content (AvgIpc) is 3.15. The fraction of sp³-hybridized carbons (Fsp3) is 0.217. The highest BCUT2D eigenvalue weighted by Gasteiger charge is 2.17. The molecule has 4 rings (SSSR count). The highest BCUT2D eigenvalue weighted by atomic mass is 16.4. The number of aliphatic hydroxyl groups excluding tert-OH is 1. The molecular weight excluding hydrogens is 352 g/mol. The summed E-state index contributed by atoms with van der Waals surface area (Å²) in [6, 6.07) is 15.3. The molecule has 4 aromatic rings. The molecule has 0 aliphatic heterocycles. The lowest BCUT2D eigenvalue weighted by atomic mass is 9.86. The molecule has 5 heteroatoms. The molecule has 28 heavy (non-hydrogen) atoms. The largest absolute Gasteiger partial charge is 0.478 e. The second-order valence-electron chi connectivity index (χ2n) is 8.02. The Morgan fingerprint density at radius 2 is 1.82 bits per heavy atom. The zero-order valence-corrected chi connectivity index (χ0v) is 16.1. The number of benzene rings is 2. The molecule has 0 aliphatic carbocycles. The van der Waals surface area contributed by atoms with Crippen molar-refractivity contribution in [3.05, 3.63) is 71.4 Å². The van der Waals surface area contributed by atoms with Crippen molar-refractivity contribution in [2.45, 2.75) is 32.8 Å². The van der Waals surface area contributed by atoms with E-state index in [-0.39, 0.29) is 17.6 Å². The SMILES string of the molecule is CC(C)(C)c1ccc(-c2nc3cc(C(=O)O)cc(CO)c3n3cccc23)cc1. The van der Waals surface area contributed by atoms with Crippen LogP contribution in [0.25, 0.3) is 27.8 Å². The summed E-state index contributed by atoms with van der Waals surface area (Å²) in [6.45, 7) is 6.26. The number of aliphatic hydroxyl groups is 1. The van der Waals surface area contributed by atoms with Gasteiger partial charge in [0.1, 0.15) is 0 Å². The molecule has 0 spiro atoms. The molecular formula is C23H22N2O3. The van der Waals surface area contributed by atoms with E-state index < -0.39 is 5.97 Å². The Morgan fingerprint density at radius 1 is 1.11 bits per heavy atom. The Hall–Kier alpha value is -3.18. The second-order valence-corrected chi connectivity index (χ2v) is 8.02. The van der Waals surface area contributed by atoms with Crippen LogP contribution < -0.4 is 0 Å². The number of fused-ring (bicyclic) bond motifs is 3. The van der Waals surface area contributed by atoms with Crippen LogP contribution in [0, 0.1) is 0 Å². The van der Waals surface area contributed by atoms with Gasteiger partial charge in [-0.1, -0.05) is 45.0 Å². The van der Waals surface area contributed by atoms with E-state index >= 15 is 0 Å². The number of rotatable bonds is 3. The zero-order chi connectivity index (χ0) is 20.1. The number of aromatic carboxylic acids is 1. The summed E-state index contributed by atoms with van der Waals surface area (Å²) in [5, 5.41) is 19.2. The Balaban J connectivity index is 2.01. The molecule has 2 aromatic carbocycles. The molecule has 0 bridgehead atoms. The number of aromatic nitrogens is 2. The van der Waals surface area contributed by atoms with Crippen LogP contribution >= 0.6 is 0 Å². The Morgan fingerprint density at radius 3 is 2.43 bits per heavy atom. The van der Waals surface area contributed by atoms with Crippen LogP contribution in [0.1, 0.15) is 42.3 Å². The molecule has 2 aromatic heterocycles. The van der Waals surface area contributed by atoms with Crippen molar-refractivity contribution in [2.24, 2.45) is 0 Å². The van der Waals surface area contributed by atoms with Gasteiger partial charge in [-0.25, -0.2) is 9.78 Å². The van der Waals surface area contributed by atoms with E-state index in [1.807, 2.05) is 22.7 Å². The lowest BCUT2D eigenvalue weighted by Crippen LogP contribution is -2.10. The molecule has 0 saturated carbocycles. The molecule has 142 valence electrons. The fourth-order valence-corrected chi connectivity index (χ4v) is 3.57. The zero-order valence-electron chi connectivity index (χ0n) is 16.1. The topological polar surface area (TPSA) is 74.8 Å². The molecule has 2 heterocycles. The Kier molecular flexibility index (Phi) is 4.20. The van der Waals surface area contributed by atoms with Gasteiger partial charge in [-0.3, -0.25) is 0 Å². The highest BCUT2D eigenvalue weighted by molar-refractivity contribution is 5.96. The van der Waals surface area contributed by atoms with E-state index in [2.05, 4.69) is 45.0 Å². The maximum Gasteiger partial charge on any atom is 0.335 e. The summed E-state index contributed by atoms with van der Waals surface area (Å²) in [4.78, 5) is 16.3. The van der Waals surface area contributed by atoms with Crippen LogP contribution in [-0.4, -0.2) is 25.6 Å². The van der Waals surface area contributed by atoms with Crippen molar-refractivity contribution in [3.63, 3.8) is 0 Å². The summed E-state index contributed by atoms with van der Waals surface area (Å²) in [5.74, 6) is -1.04. The number of carbonyl (C=O) groups is 1. The van der Waals surface area contributed by atoms with E-state index in [0.717, 1.165) is 22.3 Å². The average molecular weight is 374 g/mol. The third-order valence-electron chi connectivity index (χ3n) is 5.07. The number of nitrogens with zero attached hydrogens (tertiary/aromatic N) is 2. The fourth-order valence-electron chi connectivity index (χ4n) is 3.57. The monoisotopic (exact) mass is 374 g/mol. The summed E-state index contributed by atoms with van der Waals surface area (Å²) in [7, 11) is 0. The summed E-state index contributed by atoms with van der Waals surface area (Å²) >= 11 is 0. The first kappa shape index (κ1) is 18.2. The lowest BCUT2D eigenvalue weighted by molar-refractivity contribution is 0.0697. The number of carboxylic acids is 1. The van der Waals surface area contributed by atoms with Crippen LogP contribution in [0.5, 0.6) is 0 Å². The van der Waals surface area contributed by atoms with Gasteiger partial charge in [-0.2, -0.15) is 0 Å². The summed E-state index contributed by atoms with van der Waals surface area (Å²) in [5.41, 5.74) is 5.88. The smallest absolute Gasteiger partial charge is 0.335 e. The number of hydrogen-bond acceptors (Lipinski definition) is 3. The van der Waals surface area contributed by atoms with E-state index in [4.69, 9.17) is 4.98 Å². The Bertz CT molecular complexity index is 1200. The van der Waals surface area contributed by atoms with Crippen LogP contribution in [-0.2, 0) is 12.0 Å². The van der Waals surface area contributed by atoms with Crippen LogP contribution in [0.3, 0.4) is 0 Å². The van der Waals surface area contributed by atoms with Gasteiger partial charge in [-0.05, 0) is 35.2 Å². The van der Waals surface area contributed by atoms with Gasteiger partial charge in [-0.15, -0.1) is 0 Å². The molecule has 0 amide bonds. The minimum Gasteiger partial charge on any atom is -0.478 e. The van der Waals surface area contributed by atoms with Gasteiger partial charge in [0.25, 0.3) is 0 Å². The summed E-state index contributed by atoms with van der Waals surface area (Å²) in [6.07, 6.45) is 1.91. The number of carboxylic acid groups (broad SMARTS) is 1.